The van der Waals surface area contributed by atoms with Crippen LogP contribution < -0.4 is 18.9 Å². The van der Waals surface area contributed by atoms with E-state index < -0.39 is 36.1 Å². The fourth-order valence-corrected chi connectivity index (χ4v) is 4.64. The first-order chi connectivity index (χ1) is 28.1. The summed E-state index contributed by atoms with van der Waals surface area (Å²) in [5.41, 5.74) is 0.579. The Hall–Kier alpha value is -5.86. The Labute approximate surface area is 339 Å². The van der Waals surface area contributed by atoms with E-state index in [4.69, 9.17) is 47.4 Å². The summed E-state index contributed by atoms with van der Waals surface area (Å²) in [4.78, 5) is 48.0. The first-order valence-electron chi connectivity index (χ1n) is 19.0. The summed E-state index contributed by atoms with van der Waals surface area (Å²) < 4.78 is 55.9. The standard InChI is InChI=1S/C44H54O14/c1-33(2)43(47)53-23-11-17-41(45)57-39(31-55-35-13-7-5-8-14-35)29-49-25-27-51-37-19-21-38(22-20-37)52-28-26-50-30-40(32-56-36-15-9-6-10-16-36)58-42(46)18-12-24-54-44(48)34(3)4/h5-10,13-16,19-22,39-40H,1,3,11-12,17-18,23-32H2,2,4H3. The van der Waals surface area contributed by atoms with Crippen LogP contribution in [0.4, 0.5) is 0 Å². The summed E-state index contributed by atoms with van der Waals surface area (Å²) in [6.45, 7) is 11.6. The molecule has 0 amide bonds. The third-order valence-electron chi connectivity index (χ3n) is 7.59. The van der Waals surface area contributed by atoms with Crippen LogP contribution in [0, 0.1) is 0 Å². The second-order valence-electron chi connectivity index (χ2n) is 12.8. The van der Waals surface area contributed by atoms with Gasteiger partial charge in [-0.15, -0.1) is 0 Å². The zero-order chi connectivity index (χ0) is 41.8. The summed E-state index contributed by atoms with van der Waals surface area (Å²) in [5.74, 6) is 0.528. The molecule has 314 valence electrons. The molecule has 3 aromatic carbocycles. The van der Waals surface area contributed by atoms with E-state index in [-0.39, 0.29) is 90.1 Å². The number of ether oxygens (including phenoxy) is 10. The summed E-state index contributed by atoms with van der Waals surface area (Å²) in [6.07, 6.45) is -0.617. The Kier molecular flexibility index (Phi) is 22.2. The lowest BCUT2D eigenvalue weighted by atomic mass is 10.3. The zero-order valence-corrected chi connectivity index (χ0v) is 33.3. The van der Waals surface area contributed by atoms with Crippen molar-refractivity contribution < 1.29 is 66.5 Å². The number of carbonyl (C=O) groups is 4. The molecular formula is C44H54O14. The minimum atomic E-state index is -0.675. The number of hydrogen-bond acceptors (Lipinski definition) is 14. The van der Waals surface area contributed by atoms with E-state index in [1.54, 1.807) is 62.4 Å². The summed E-state index contributed by atoms with van der Waals surface area (Å²) in [5, 5.41) is 0. The molecule has 0 aliphatic carbocycles. The number of rotatable bonds is 30. The maximum absolute atomic E-state index is 12.5. The monoisotopic (exact) mass is 806 g/mol. The third-order valence-corrected chi connectivity index (χ3v) is 7.59. The Morgan fingerprint density at radius 3 is 1.19 bits per heavy atom. The molecular weight excluding hydrogens is 752 g/mol. The SMILES string of the molecule is C=C(C)C(=O)OCCCC(=O)OC(COCCOc1ccc(OCCOCC(COc2ccccc2)OC(=O)CCCOC(=O)C(=C)C)cc1)COc1ccccc1. The van der Waals surface area contributed by atoms with Crippen LogP contribution >= 0.6 is 0 Å². The van der Waals surface area contributed by atoms with E-state index in [1.807, 2.05) is 36.4 Å². The maximum Gasteiger partial charge on any atom is 0.333 e. The van der Waals surface area contributed by atoms with Crippen LogP contribution in [0.25, 0.3) is 0 Å². The van der Waals surface area contributed by atoms with Crippen molar-refractivity contribution in [2.45, 2.75) is 51.7 Å². The highest BCUT2D eigenvalue weighted by atomic mass is 16.6. The van der Waals surface area contributed by atoms with Crippen LogP contribution in [0.3, 0.4) is 0 Å². The van der Waals surface area contributed by atoms with Gasteiger partial charge in [0.2, 0.25) is 0 Å². The minimum absolute atomic E-state index is 0.0590. The van der Waals surface area contributed by atoms with Crippen LogP contribution in [-0.2, 0) is 47.6 Å². The normalized spacial score (nSPS) is 11.6. The molecule has 0 heterocycles. The molecule has 14 heteroatoms. The molecule has 0 saturated carbocycles. The Morgan fingerprint density at radius 2 is 0.828 bits per heavy atom. The van der Waals surface area contributed by atoms with Crippen LogP contribution in [0.5, 0.6) is 23.0 Å². The molecule has 0 aliphatic heterocycles. The van der Waals surface area contributed by atoms with E-state index in [0.717, 1.165) is 0 Å². The van der Waals surface area contributed by atoms with E-state index in [0.29, 0.717) is 35.8 Å². The number of para-hydroxylation sites is 2. The van der Waals surface area contributed by atoms with Gasteiger partial charge in [0.05, 0.1) is 39.6 Å². The van der Waals surface area contributed by atoms with Gasteiger partial charge in [-0.25, -0.2) is 9.59 Å². The zero-order valence-electron chi connectivity index (χ0n) is 33.3. The van der Waals surface area contributed by atoms with Gasteiger partial charge >= 0.3 is 23.9 Å². The van der Waals surface area contributed by atoms with E-state index in [9.17, 15) is 19.2 Å². The van der Waals surface area contributed by atoms with Gasteiger partial charge in [0.15, 0.2) is 12.2 Å². The summed E-state index contributed by atoms with van der Waals surface area (Å²) in [6, 6.07) is 25.4. The predicted octanol–water partition coefficient (Wildman–Crippen LogP) is 6.26. The molecule has 2 atom stereocenters. The van der Waals surface area contributed by atoms with Crippen molar-refractivity contribution in [1.82, 2.24) is 0 Å². The molecule has 0 spiro atoms. The van der Waals surface area contributed by atoms with Crippen molar-refractivity contribution in [2.75, 3.05) is 66.1 Å². The first kappa shape index (κ1) is 46.5. The molecule has 0 saturated heterocycles. The van der Waals surface area contributed by atoms with Crippen molar-refractivity contribution in [3.05, 3.63) is 109 Å². The highest BCUT2D eigenvalue weighted by Gasteiger charge is 2.18. The quantitative estimate of drug-likeness (QED) is 0.0321. The van der Waals surface area contributed by atoms with Gasteiger partial charge in [0, 0.05) is 24.0 Å². The topological polar surface area (TPSA) is 161 Å². The Balaban J connectivity index is 1.34. The van der Waals surface area contributed by atoms with Crippen LogP contribution in [0.2, 0.25) is 0 Å². The minimum Gasteiger partial charge on any atom is -0.491 e. The molecule has 0 radical (unpaired) electrons. The van der Waals surface area contributed by atoms with Crippen molar-refractivity contribution in [2.24, 2.45) is 0 Å². The number of hydrogen-bond donors (Lipinski definition) is 0. The maximum atomic E-state index is 12.5. The third kappa shape index (κ3) is 20.9. The fraction of sp³-hybridized carbons (Fsp3) is 0.409. The molecule has 0 aliphatic rings. The second-order valence-corrected chi connectivity index (χ2v) is 12.8. The molecule has 3 aromatic rings. The highest BCUT2D eigenvalue weighted by Crippen LogP contribution is 2.18. The van der Waals surface area contributed by atoms with E-state index in [1.165, 1.54) is 0 Å². The van der Waals surface area contributed by atoms with E-state index in [2.05, 4.69) is 13.2 Å². The molecule has 0 bridgehead atoms. The van der Waals surface area contributed by atoms with Gasteiger partial charge in [-0.3, -0.25) is 9.59 Å². The average Bonchev–Trinajstić information content (AvgIpc) is 3.22. The van der Waals surface area contributed by atoms with Gasteiger partial charge in [0.1, 0.15) is 49.4 Å². The number of esters is 4. The molecule has 58 heavy (non-hydrogen) atoms. The van der Waals surface area contributed by atoms with Gasteiger partial charge in [-0.2, -0.15) is 0 Å². The van der Waals surface area contributed by atoms with Crippen molar-refractivity contribution in [3.8, 4) is 23.0 Å². The van der Waals surface area contributed by atoms with Gasteiger partial charge in [-0.1, -0.05) is 49.6 Å². The molecule has 2 unspecified atom stereocenters. The second kappa shape index (κ2) is 27.7. The van der Waals surface area contributed by atoms with E-state index >= 15 is 0 Å². The predicted molar refractivity (Wildman–Crippen MR) is 213 cm³/mol. The lowest BCUT2D eigenvalue weighted by Crippen LogP contribution is -2.30. The summed E-state index contributed by atoms with van der Waals surface area (Å²) >= 11 is 0. The Morgan fingerprint density at radius 1 is 0.466 bits per heavy atom. The van der Waals surface area contributed by atoms with Gasteiger partial charge in [0.25, 0.3) is 0 Å². The van der Waals surface area contributed by atoms with Crippen LogP contribution in [0.1, 0.15) is 39.5 Å². The van der Waals surface area contributed by atoms with Gasteiger partial charge < -0.3 is 47.4 Å². The van der Waals surface area contributed by atoms with Crippen LogP contribution in [0.15, 0.2) is 109 Å². The first-order valence-corrected chi connectivity index (χ1v) is 19.0. The smallest absolute Gasteiger partial charge is 0.333 e. The number of benzene rings is 3. The van der Waals surface area contributed by atoms with Crippen molar-refractivity contribution >= 4 is 23.9 Å². The fourth-order valence-electron chi connectivity index (χ4n) is 4.64. The van der Waals surface area contributed by atoms with Crippen molar-refractivity contribution in [1.29, 1.82) is 0 Å². The van der Waals surface area contributed by atoms with Gasteiger partial charge in [-0.05, 0) is 75.2 Å². The van der Waals surface area contributed by atoms with Crippen molar-refractivity contribution in [3.63, 3.8) is 0 Å². The number of carbonyl (C=O) groups excluding carboxylic acids is 4. The molecule has 0 fully saturated rings. The molecule has 14 nitrogen and oxygen atoms in total. The summed E-state index contributed by atoms with van der Waals surface area (Å²) in [7, 11) is 0. The lowest BCUT2D eigenvalue weighted by molar-refractivity contribution is -0.155. The molecule has 3 rings (SSSR count). The van der Waals surface area contributed by atoms with Crippen LogP contribution in [-0.4, -0.2) is 102 Å². The molecule has 0 N–H and O–H groups in total. The largest absolute Gasteiger partial charge is 0.491 e. The molecule has 0 aromatic heterocycles. The highest BCUT2D eigenvalue weighted by molar-refractivity contribution is 5.87. The lowest BCUT2D eigenvalue weighted by Gasteiger charge is -2.19. The average molecular weight is 807 g/mol. The Bertz CT molecular complexity index is 1550.